The van der Waals surface area contributed by atoms with Gasteiger partial charge in [-0.3, -0.25) is 0 Å². The van der Waals surface area contributed by atoms with E-state index in [4.69, 9.17) is 9.47 Å². The fourth-order valence-corrected chi connectivity index (χ4v) is 2.94. The fourth-order valence-electron chi connectivity index (χ4n) is 2.94. The summed E-state index contributed by atoms with van der Waals surface area (Å²) in [5.41, 5.74) is 1.16. The number of ether oxygens (including phenoxy) is 2. The monoisotopic (exact) mass is 263 g/mol. The molecule has 0 saturated heterocycles. The molecule has 3 nitrogen and oxygen atoms in total. The van der Waals surface area contributed by atoms with E-state index in [1.54, 1.807) is 14.2 Å². The zero-order valence-electron chi connectivity index (χ0n) is 12.2. The lowest BCUT2D eigenvalue weighted by Crippen LogP contribution is -2.21. The summed E-state index contributed by atoms with van der Waals surface area (Å²) in [5, 5.41) is 3.55. The molecule has 0 amide bonds. The van der Waals surface area contributed by atoms with Crippen LogP contribution < -0.4 is 14.8 Å². The van der Waals surface area contributed by atoms with Crippen LogP contribution in [0.3, 0.4) is 0 Å². The molecular formula is C16H25NO2. The highest BCUT2D eigenvalue weighted by molar-refractivity contribution is 5.40. The molecule has 3 heteroatoms. The number of methoxy groups -OCH3 is 2. The molecule has 0 aromatic heterocycles. The SMILES string of the molecule is COc1ccc(OC)c(CNCC2CCC(C)C2)c1. The Hall–Kier alpha value is -1.22. The first-order chi connectivity index (χ1) is 9.22. The topological polar surface area (TPSA) is 30.5 Å². The van der Waals surface area contributed by atoms with Gasteiger partial charge in [-0.05, 0) is 49.4 Å². The predicted octanol–water partition coefficient (Wildman–Crippen LogP) is 3.23. The van der Waals surface area contributed by atoms with E-state index in [0.29, 0.717) is 0 Å². The van der Waals surface area contributed by atoms with Crippen LogP contribution in [0.15, 0.2) is 18.2 Å². The van der Waals surface area contributed by atoms with Gasteiger partial charge in [0.05, 0.1) is 14.2 Å². The lowest BCUT2D eigenvalue weighted by atomic mass is 10.1. The van der Waals surface area contributed by atoms with Gasteiger partial charge in [0.1, 0.15) is 11.5 Å². The standard InChI is InChI=1S/C16H25NO2/c1-12-4-5-13(8-12)10-17-11-14-9-15(18-2)6-7-16(14)19-3/h6-7,9,12-13,17H,4-5,8,10-11H2,1-3H3. The molecule has 2 unspecified atom stereocenters. The van der Waals surface area contributed by atoms with Crippen molar-refractivity contribution in [2.24, 2.45) is 11.8 Å². The van der Waals surface area contributed by atoms with E-state index in [1.807, 2.05) is 18.2 Å². The van der Waals surface area contributed by atoms with Gasteiger partial charge in [-0.25, -0.2) is 0 Å². The van der Waals surface area contributed by atoms with Crippen LogP contribution in [0.1, 0.15) is 31.7 Å². The molecule has 2 atom stereocenters. The Kier molecular flexibility index (Phi) is 5.08. The zero-order chi connectivity index (χ0) is 13.7. The number of rotatable bonds is 6. The van der Waals surface area contributed by atoms with Gasteiger partial charge < -0.3 is 14.8 Å². The summed E-state index contributed by atoms with van der Waals surface area (Å²) in [5.74, 6) is 3.55. The van der Waals surface area contributed by atoms with Crippen LogP contribution in [-0.4, -0.2) is 20.8 Å². The van der Waals surface area contributed by atoms with E-state index < -0.39 is 0 Å². The maximum atomic E-state index is 5.39. The highest BCUT2D eigenvalue weighted by atomic mass is 16.5. The second-order valence-corrected chi connectivity index (χ2v) is 5.59. The first-order valence-corrected chi connectivity index (χ1v) is 7.14. The fraction of sp³-hybridized carbons (Fsp3) is 0.625. The van der Waals surface area contributed by atoms with Crippen molar-refractivity contribution in [3.63, 3.8) is 0 Å². The van der Waals surface area contributed by atoms with Gasteiger partial charge in [-0.15, -0.1) is 0 Å². The number of benzene rings is 1. The minimum Gasteiger partial charge on any atom is -0.497 e. The third-order valence-electron chi connectivity index (χ3n) is 4.04. The molecule has 0 spiro atoms. The smallest absolute Gasteiger partial charge is 0.123 e. The van der Waals surface area contributed by atoms with Crippen LogP contribution in [0.4, 0.5) is 0 Å². The van der Waals surface area contributed by atoms with Crippen molar-refractivity contribution in [1.82, 2.24) is 5.32 Å². The van der Waals surface area contributed by atoms with Crippen molar-refractivity contribution in [2.75, 3.05) is 20.8 Å². The Morgan fingerprint density at radius 2 is 2.05 bits per heavy atom. The van der Waals surface area contributed by atoms with Gasteiger partial charge in [0.25, 0.3) is 0 Å². The Morgan fingerprint density at radius 1 is 1.21 bits per heavy atom. The normalized spacial score (nSPS) is 22.5. The molecule has 106 valence electrons. The first-order valence-electron chi connectivity index (χ1n) is 7.14. The summed E-state index contributed by atoms with van der Waals surface area (Å²) >= 11 is 0. The third-order valence-corrected chi connectivity index (χ3v) is 4.04. The van der Waals surface area contributed by atoms with E-state index in [2.05, 4.69) is 12.2 Å². The van der Waals surface area contributed by atoms with Crippen LogP contribution >= 0.6 is 0 Å². The number of hydrogen-bond acceptors (Lipinski definition) is 3. The molecule has 2 rings (SSSR count). The van der Waals surface area contributed by atoms with Gasteiger partial charge in [0.15, 0.2) is 0 Å². The van der Waals surface area contributed by atoms with Gasteiger partial charge in [-0.1, -0.05) is 13.3 Å². The van der Waals surface area contributed by atoms with Crippen LogP contribution in [0.5, 0.6) is 11.5 Å². The maximum absolute atomic E-state index is 5.39. The van der Waals surface area contributed by atoms with E-state index in [9.17, 15) is 0 Å². The third kappa shape index (κ3) is 3.87. The maximum Gasteiger partial charge on any atom is 0.123 e. The largest absolute Gasteiger partial charge is 0.497 e. The molecule has 19 heavy (non-hydrogen) atoms. The quantitative estimate of drug-likeness (QED) is 0.854. The molecule has 0 heterocycles. The van der Waals surface area contributed by atoms with Gasteiger partial charge in [0, 0.05) is 12.1 Å². The molecule has 1 aliphatic rings. The van der Waals surface area contributed by atoms with E-state index in [-0.39, 0.29) is 0 Å². The lowest BCUT2D eigenvalue weighted by Gasteiger charge is -2.14. The average Bonchev–Trinajstić information content (AvgIpc) is 2.84. The second kappa shape index (κ2) is 6.80. The molecule has 1 aliphatic carbocycles. The minimum absolute atomic E-state index is 0.839. The Bertz CT molecular complexity index is 406. The summed E-state index contributed by atoms with van der Waals surface area (Å²) < 4.78 is 10.7. The van der Waals surface area contributed by atoms with Crippen LogP contribution in [0.25, 0.3) is 0 Å². The molecule has 0 aliphatic heterocycles. The van der Waals surface area contributed by atoms with Gasteiger partial charge in [-0.2, -0.15) is 0 Å². The summed E-state index contributed by atoms with van der Waals surface area (Å²) in [6.07, 6.45) is 4.11. The van der Waals surface area contributed by atoms with Gasteiger partial charge in [0.2, 0.25) is 0 Å². The molecule has 0 radical (unpaired) electrons. The zero-order valence-corrected chi connectivity index (χ0v) is 12.2. The summed E-state index contributed by atoms with van der Waals surface area (Å²) in [7, 11) is 3.41. The predicted molar refractivity (Wildman–Crippen MR) is 77.8 cm³/mol. The first kappa shape index (κ1) is 14.2. The average molecular weight is 263 g/mol. The molecule has 1 saturated carbocycles. The van der Waals surface area contributed by atoms with Crippen LogP contribution in [0, 0.1) is 11.8 Å². The summed E-state index contributed by atoms with van der Waals surface area (Å²) in [4.78, 5) is 0. The Balaban J connectivity index is 1.87. The molecular weight excluding hydrogens is 238 g/mol. The van der Waals surface area contributed by atoms with E-state index in [1.165, 1.54) is 19.3 Å². The van der Waals surface area contributed by atoms with E-state index >= 15 is 0 Å². The molecule has 1 N–H and O–H groups in total. The minimum atomic E-state index is 0.839. The van der Waals surface area contributed by atoms with Crippen LogP contribution in [-0.2, 0) is 6.54 Å². The number of nitrogens with one attached hydrogen (secondary N) is 1. The molecule has 1 aromatic rings. The number of hydrogen-bond donors (Lipinski definition) is 1. The van der Waals surface area contributed by atoms with Crippen molar-refractivity contribution >= 4 is 0 Å². The van der Waals surface area contributed by atoms with Crippen molar-refractivity contribution in [2.45, 2.75) is 32.7 Å². The Labute approximate surface area is 116 Å². The van der Waals surface area contributed by atoms with Crippen molar-refractivity contribution in [1.29, 1.82) is 0 Å². The summed E-state index contributed by atoms with van der Waals surface area (Å²) in [6, 6.07) is 5.94. The van der Waals surface area contributed by atoms with E-state index in [0.717, 1.165) is 42.0 Å². The van der Waals surface area contributed by atoms with Crippen molar-refractivity contribution in [3.05, 3.63) is 23.8 Å². The van der Waals surface area contributed by atoms with Crippen molar-refractivity contribution < 1.29 is 9.47 Å². The van der Waals surface area contributed by atoms with Gasteiger partial charge >= 0.3 is 0 Å². The molecule has 0 bridgehead atoms. The highest BCUT2D eigenvalue weighted by Crippen LogP contribution is 2.30. The molecule has 1 aromatic carbocycles. The second-order valence-electron chi connectivity index (χ2n) is 5.59. The summed E-state index contributed by atoms with van der Waals surface area (Å²) in [6.45, 7) is 4.29. The lowest BCUT2D eigenvalue weighted by molar-refractivity contribution is 0.395. The van der Waals surface area contributed by atoms with Crippen molar-refractivity contribution in [3.8, 4) is 11.5 Å². The highest BCUT2D eigenvalue weighted by Gasteiger charge is 2.20. The van der Waals surface area contributed by atoms with Crippen LogP contribution in [0.2, 0.25) is 0 Å². The molecule has 1 fully saturated rings. The Morgan fingerprint density at radius 3 is 2.68 bits per heavy atom.